The lowest BCUT2D eigenvalue weighted by Gasteiger charge is -2.12. The minimum absolute atomic E-state index is 0.265. The Morgan fingerprint density at radius 1 is 1.13 bits per heavy atom. The van der Waals surface area contributed by atoms with Crippen molar-refractivity contribution in [2.24, 2.45) is 0 Å². The van der Waals surface area contributed by atoms with Crippen LogP contribution in [0.25, 0.3) is 0 Å². The van der Waals surface area contributed by atoms with E-state index >= 15 is 0 Å². The number of ether oxygens (including phenoxy) is 2. The van der Waals surface area contributed by atoms with Crippen molar-refractivity contribution in [3.8, 4) is 11.5 Å². The molecule has 7 nitrogen and oxygen atoms in total. The van der Waals surface area contributed by atoms with Crippen molar-refractivity contribution in [2.45, 2.75) is 40.8 Å². The number of hydrogen-bond donors (Lipinski definition) is 1. The zero-order chi connectivity index (χ0) is 21.7. The summed E-state index contributed by atoms with van der Waals surface area (Å²) in [6.45, 7) is 9.68. The Balaban J connectivity index is 1.63. The van der Waals surface area contributed by atoms with Gasteiger partial charge in [0.15, 0.2) is 17.3 Å². The van der Waals surface area contributed by atoms with Crippen LogP contribution in [0.1, 0.15) is 47.1 Å². The molecule has 1 aromatic carbocycles. The van der Waals surface area contributed by atoms with E-state index in [1.54, 1.807) is 12.1 Å². The summed E-state index contributed by atoms with van der Waals surface area (Å²) in [7, 11) is 0. The van der Waals surface area contributed by atoms with Crippen molar-refractivity contribution < 1.29 is 18.7 Å². The maximum atomic E-state index is 12.5. The molecule has 30 heavy (non-hydrogen) atoms. The highest BCUT2D eigenvalue weighted by atomic mass is 79.9. The zero-order valence-electron chi connectivity index (χ0n) is 17.6. The molecular weight excluding hydrogens is 450 g/mol. The summed E-state index contributed by atoms with van der Waals surface area (Å²) in [5, 5.41) is 7.34. The van der Waals surface area contributed by atoms with Crippen molar-refractivity contribution in [2.75, 3.05) is 13.2 Å². The van der Waals surface area contributed by atoms with Gasteiger partial charge in [0.2, 0.25) is 0 Å². The smallest absolute Gasteiger partial charge is 0.287 e. The van der Waals surface area contributed by atoms with Crippen LogP contribution in [0.15, 0.2) is 39.2 Å². The Labute approximate surface area is 184 Å². The first-order valence-electron chi connectivity index (χ1n) is 9.87. The Bertz CT molecular complexity index is 1030. The van der Waals surface area contributed by atoms with Crippen molar-refractivity contribution in [3.05, 3.63) is 63.3 Å². The second kappa shape index (κ2) is 9.84. The van der Waals surface area contributed by atoms with Crippen LogP contribution in [0.3, 0.4) is 0 Å². The highest BCUT2D eigenvalue weighted by Crippen LogP contribution is 2.28. The van der Waals surface area contributed by atoms with Crippen LogP contribution < -0.4 is 14.8 Å². The molecule has 1 amide bonds. The Morgan fingerprint density at radius 2 is 1.87 bits per heavy atom. The summed E-state index contributed by atoms with van der Waals surface area (Å²) >= 11 is 3.52. The van der Waals surface area contributed by atoms with Gasteiger partial charge in [0.05, 0.1) is 35.6 Å². The topological polar surface area (TPSA) is 78.5 Å². The Morgan fingerprint density at radius 3 is 2.53 bits per heavy atom. The highest BCUT2D eigenvalue weighted by Gasteiger charge is 2.14. The van der Waals surface area contributed by atoms with E-state index < -0.39 is 0 Å². The highest BCUT2D eigenvalue weighted by molar-refractivity contribution is 9.10. The minimum atomic E-state index is -0.275. The number of furan rings is 1. The monoisotopic (exact) mass is 475 g/mol. The van der Waals surface area contributed by atoms with Crippen molar-refractivity contribution in [1.29, 1.82) is 0 Å². The molecule has 0 fully saturated rings. The van der Waals surface area contributed by atoms with E-state index in [0.717, 1.165) is 21.4 Å². The molecule has 2 heterocycles. The number of hydrogen-bond acceptors (Lipinski definition) is 5. The third kappa shape index (κ3) is 5.05. The molecule has 0 aliphatic heterocycles. The summed E-state index contributed by atoms with van der Waals surface area (Å²) in [5.74, 6) is 2.02. The van der Waals surface area contributed by atoms with Crippen molar-refractivity contribution in [1.82, 2.24) is 15.1 Å². The fourth-order valence-corrected chi connectivity index (χ4v) is 3.32. The van der Waals surface area contributed by atoms with Crippen LogP contribution >= 0.6 is 15.9 Å². The number of rotatable bonds is 9. The Kier molecular flexibility index (Phi) is 7.20. The van der Waals surface area contributed by atoms with Crippen LogP contribution in [0.4, 0.5) is 0 Å². The number of carbonyl (C=O) groups excluding carboxylic acids is 1. The molecule has 0 aliphatic carbocycles. The molecule has 3 aromatic rings. The van der Waals surface area contributed by atoms with Gasteiger partial charge in [-0.1, -0.05) is 6.07 Å². The number of benzene rings is 1. The lowest BCUT2D eigenvalue weighted by molar-refractivity contribution is 0.0921. The first-order valence-corrected chi connectivity index (χ1v) is 10.7. The molecule has 1 N–H and O–H groups in total. The third-order valence-corrected chi connectivity index (χ3v) is 5.69. The van der Waals surface area contributed by atoms with Crippen LogP contribution in [0.2, 0.25) is 0 Å². The summed E-state index contributed by atoms with van der Waals surface area (Å²) in [6.07, 6.45) is 0. The van der Waals surface area contributed by atoms with E-state index in [4.69, 9.17) is 13.9 Å². The van der Waals surface area contributed by atoms with Crippen LogP contribution in [-0.4, -0.2) is 28.9 Å². The molecular formula is C22H26BrN3O4. The molecule has 0 bridgehead atoms. The van der Waals surface area contributed by atoms with E-state index in [9.17, 15) is 4.79 Å². The fraction of sp³-hybridized carbons (Fsp3) is 0.364. The second-order valence-electron chi connectivity index (χ2n) is 6.74. The molecule has 0 spiro atoms. The van der Waals surface area contributed by atoms with E-state index in [1.807, 2.05) is 50.6 Å². The lowest BCUT2D eigenvalue weighted by Crippen LogP contribution is -2.22. The van der Waals surface area contributed by atoms with Crippen molar-refractivity contribution in [3.63, 3.8) is 0 Å². The van der Waals surface area contributed by atoms with Gasteiger partial charge in [-0.05, 0) is 73.5 Å². The SMILES string of the molecule is CCOc1ccc(CNC(=O)c2ccc(Cn3nc(C)c(Br)c3C)o2)cc1OCC. The number of nitrogens with one attached hydrogen (secondary N) is 1. The first-order chi connectivity index (χ1) is 14.4. The predicted octanol–water partition coefficient (Wildman–Crippen LogP) is 4.63. The average molecular weight is 476 g/mol. The maximum Gasteiger partial charge on any atom is 0.287 e. The largest absolute Gasteiger partial charge is 0.490 e. The number of halogens is 1. The number of carbonyl (C=O) groups is 1. The van der Waals surface area contributed by atoms with Gasteiger partial charge in [-0.25, -0.2) is 0 Å². The molecule has 0 unspecified atom stereocenters. The quantitative estimate of drug-likeness (QED) is 0.487. The van der Waals surface area contributed by atoms with Crippen LogP contribution in [0.5, 0.6) is 11.5 Å². The van der Waals surface area contributed by atoms with Gasteiger partial charge in [-0.3, -0.25) is 9.48 Å². The van der Waals surface area contributed by atoms with Crippen molar-refractivity contribution >= 4 is 21.8 Å². The third-order valence-electron chi connectivity index (χ3n) is 4.55. The number of aryl methyl sites for hydroxylation is 1. The summed E-state index contributed by atoms with van der Waals surface area (Å²) < 4.78 is 19.7. The maximum absolute atomic E-state index is 12.5. The molecule has 0 saturated heterocycles. The van der Waals surface area contributed by atoms with Gasteiger partial charge in [-0.2, -0.15) is 5.10 Å². The normalized spacial score (nSPS) is 10.8. The molecule has 0 saturated carbocycles. The molecule has 8 heteroatoms. The lowest BCUT2D eigenvalue weighted by atomic mass is 10.2. The standard InChI is InChI=1S/C22H26BrN3O4/c1-5-28-18-9-7-16(11-20(18)29-6-2)12-24-22(27)19-10-8-17(30-19)13-26-15(4)21(23)14(3)25-26/h7-11H,5-6,12-13H2,1-4H3,(H,24,27). The summed E-state index contributed by atoms with van der Waals surface area (Å²) in [4.78, 5) is 12.5. The average Bonchev–Trinajstić information content (AvgIpc) is 3.29. The zero-order valence-corrected chi connectivity index (χ0v) is 19.2. The molecule has 0 atom stereocenters. The molecule has 0 radical (unpaired) electrons. The van der Waals surface area contributed by atoms with Gasteiger partial charge >= 0.3 is 0 Å². The van der Waals surface area contributed by atoms with Gasteiger partial charge in [0.25, 0.3) is 5.91 Å². The molecule has 3 rings (SSSR count). The molecule has 2 aromatic heterocycles. The minimum Gasteiger partial charge on any atom is -0.490 e. The number of aromatic nitrogens is 2. The second-order valence-corrected chi connectivity index (χ2v) is 7.53. The van der Waals surface area contributed by atoms with E-state index in [0.29, 0.717) is 43.6 Å². The number of amides is 1. The van der Waals surface area contributed by atoms with Crippen LogP contribution in [-0.2, 0) is 13.1 Å². The van der Waals surface area contributed by atoms with Gasteiger partial charge < -0.3 is 19.2 Å². The van der Waals surface area contributed by atoms with Crippen LogP contribution in [0, 0.1) is 13.8 Å². The summed E-state index contributed by atoms with van der Waals surface area (Å²) in [6, 6.07) is 9.11. The predicted molar refractivity (Wildman–Crippen MR) is 117 cm³/mol. The molecule has 0 aliphatic rings. The fourth-order valence-electron chi connectivity index (χ4n) is 3.04. The Hall–Kier alpha value is -2.74. The van der Waals surface area contributed by atoms with E-state index in [1.165, 1.54) is 0 Å². The number of nitrogens with zero attached hydrogens (tertiary/aromatic N) is 2. The summed E-state index contributed by atoms with van der Waals surface area (Å²) in [5.41, 5.74) is 2.84. The van der Waals surface area contributed by atoms with E-state index in [2.05, 4.69) is 26.3 Å². The van der Waals surface area contributed by atoms with Gasteiger partial charge in [0, 0.05) is 6.54 Å². The molecule has 160 valence electrons. The van der Waals surface area contributed by atoms with Gasteiger partial charge in [0.1, 0.15) is 5.76 Å². The van der Waals surface area contributed by atoms with E-state index in [-0.39, 0.29) is 11.7 Å². The first kappa shape index (κ1) is 22.0. The van der Waals surface area contributed by atoms with Gasteiger partial charge in [-0.15, -0.1) is 0 Å².